The second-order valence-electron chi connectivity index (χ2n) is 5.15. The molecule has 1 aliphatic heterocycles. The molecule has 0 radical (unpaired) electrons. The Morgan fingerprint density at radius 2 is 2.00 bits per heavy atom. The summed E-state index contributed by atoms with van der Waals surface area (Å²) in [4.78, 5) is 24.4. The second kappa shape index (κ2) is 6.06. The Kier molecular flexibility index (Phi) is 4.13. The molecule has 1 atom stereocenters. The molecule has 0 bridgehead atoms. The first-order valence-corrected chi connectivity index (χ1v) is 7.31. The fourth-order valence-corrected chi connectivity index (χ4v) is 2.61. The summed E-state index contributed by atoms with van der Waals surface area (Å²) in [6.45, 7) is 0.508. The molecule has 3 rings (SSSR count). The molecule has 2 heterocycles. The van der Waals surface area contributed by atoms with Crippen LogP contribution in [-0.2, 0) is 11.3 Å². The van der Waals surface area contributed by atoms with Crippen LogP contribution in [0, 0.1) is 5.82 Å². The van der Waals surface area contributed by atoms with Crippen molar-refractivity contribution in [3.8, 4) is 0 Å². The van der Waals surface area contributed by atoms with Crippen molar-refractivity contribution >= 4 is 11.6 Å². The van der Waals surface area contributed by atoms with Gasteiger partial charge in [0.2, 0.25) is 5.82 Å². The molecule has 0 aliphatic carbocycles. The number of aromatic nitrogens is 2. The Bertz CT molecular complexity index is 792. The van der Waals surface area contributed by atoms with Crippen LogP contribution in [-0.4, -0.2) is 15.7 Å². The van der Waals surface area contributed by atoms with E-state index in [1.807, 2.05) is 0 Å². The summed E-state index contributed by atoms with van der Waals surface area (Å²) in [5.74, 6) is -0.968. The summed E-state index contributed by atoms with van der Waals surface area (Å²) >= 11 is 5.80. The first kappa shape index (κ1) is 15.0. The van der Waals surface area contributed by atoms with E-state index >= 15 is 0 Å². The fraction of sp³-hybridized carbons (Fsp3) is 0.333. The smallest absolute Gasteiger partial charge is 0.333 e. The molecule has 0 amide bonds. The summed E-state index contributed by atoms with van der Waals surface area (Å²) < 4.78 is 21.3. The van der Waals surface area contributed by atoms with Gasteiger partial charge in [-0.2, -0.15) is 4.39 Å². The van der Waals surface area contributed by atoms with Gasteiger partial charge in [0.15, 0.2) is 0 Å². The Labute approximate surface area is 130 Å². The van der Waals surface area contributed by atoms with Crippen LogP contribution in [0.2, 0.25) is 5.02 Å². The third-order valence-electron chi connectivity index (χ3n) is 3.62. The standard InChI is InChI=1S/C15H14ClFN2O3/c16-11-5-3-10(4-6-11)8-19-14(20)12(17)9-18(15(19)21)13-2-1-7-22-13/h3-6,9,13H,1-2,7-8H2/t13-/m1/s1. The van der Waals surface area contributed by atoms with E-state index in [1.54, 1.807) is 24.3 Å². The summed E-state index contributed by atoms with van der Waals surface area (Å²) in [6.07, 6.45) is 1.84. The Hall–Kier alpha value is -1.92. The van der Waals surface area contributed by atoms with E-state index in [1.165, 1.54) is 0 Å². The summed E-state index contributed by atoms with van der Waals surface area (Å²) in [7, 11) is 0. The maximum Gasteiger partial charge on any atom is 0.333 e. The zero-order chi connectivity index (χ0) is 15.7. The van der Waals surface area contributed by atoms with Gasteiger partial charge in [-0.25, -0.2) is 4.79 Å². The Morgan fingerprint density at radius 1 is 1.27 bits per heavy atom. The van der Waals surface area contributed by atoms with E-state index in [0.717, 1.165) is 21.8 Å². The number of hydrogen-bond donors (Lipinski definition) is 0. The Balaban J connectivity index is 2.04. The predicted molar refractivity (Wildman–Crippen MR) is 79.7 cm³/mol. The van der Waals surface area contributed by atoms with E-state index < -0.39 is 23.3 Å². The maximum atomic E-state index is 13.9. The number of hydrogen-bond acceptors (Lipinski definition) is 3. The van der Waals surface area contributed by atoms with Crippen LogP contribution in [0.4, 0.5) is 4.39 Å². The van der Waals surface area contributed by atoms with Gasteiger partial charge in [-0.3, -0.25) is 13.9 Å². The van der Waals surface area contributed by atoms with Crippen molar-refractivity contribution in [1.82, 2.24) is 9.13 Å². The summed E-state index contributed by atoms with van der Waals surface area (Å²) in [5, 5.41) is 0.548. The van der Waals surface area contributed by atoms with Gasteiger partial charge in [0.1, 0.15) is 6.23 Å². The van der Waals surface area contributed by atoms with Crippen molar-refractivity contribution in [2.75, 3.05) is 6.61 Å². The van der Waals surface area contributed by atoms with Crippen LogP contribution in [0.1, 0.15) is 24.6 Å². The van der Waals surface area contributed by atoms with Gasteiger partial charge < -0.3 is 4.74 Å². The molecule has 116 valence electrons. The molecular weight excluding hydrogens is 311 g/mol. The first-order chi connectivity index (χ1) is 10.6. The molecule has 1 aromatic carbocycles. The van der Waals surface area contributed by atoms with Crippen LogP contribution in [0.25, 0.3) is 0 Å². The molecule has 0 unspecified atom stereocenters. The quantitative estimate of drug-likeness (QED) is 0.869. The summed E-state index contributed by atoms with van der Waals surface area (Å²) in [5.41, 5.74) is -0.824. The van der Waals surface area contributed by atoms with E-state index in [4.69, 9.17) is 16.3 Å². The molecule has 5 nitrogen and oxygen atoms in total. The SMILES string of the molecule is O=c1c(F)cn([C@H]2CCCO2)c(=O)n1Cc1ccc(Cl)cc1. The average Bonchev–Trinajstić information content (AvgIpc) is 3.03. The third kappa shape index (κ3) is 2.84. The highest BCUT2D eigenvalue weighted by molar-refractivity contribution is 6.30. The van der Waals surface area contributed by atoms with E-state index in [0.29, 0.717) is 23.6 Å². The molecule has 0 saturated carbocycles. The lowest BCUT2D eigenvalue weighted by molar-refractivity contribution is 0.0504. The monoisotopic (exact) mass is 324 g/mol. The van der Waals surface area contributed by atoms with Crippen molar-refractivity contribution < 1.29 is 9.13 Å². The third-order valence-corrected chi connectivity index (χ3v) is 3.88. The van der Waals surface area contributed by atoms with Crippen molar-refractivity contribution in [3.05, 3.63) is 67.7 Å². The number of rotatable bonds is 3. The van der Waals surface area contributed by atoms with Crippen molar-refractivity contribution in [1.29, 1.82) is 0 Å². The minimum Gasteiger partial charge on any atom is -0.358 e. The molecule has 1 saturated heterocycles. The Morgan fingerprint density at radius 3 is 2.64 bits per heavy atom. The average molecular weight is 325 g/mol. The van der Waals surface area contributed by atoms with Gasteiger partial charge in [-0.1, -0.05) is 23.7 Å². The largest absolute Gasteiger partial charge is 0.358 e. The highest BCUT2D eigenvalue weighted by Gasteiger charge is 2.22. The van der Waals surface area contributed by atoms with Crippen molar-refractivity contribution in [2.24, 2.45) is 0 Å². The number of ether oxygens (including phenoxy) is 1. The van der Waals surface area contributed by atoms with Gasteiger partial charge >= 0.3 is 5.69 Å². The molecule has 1 aliphatic rings. The molecule has 0 spiro atoms. The van der Waals surface area contributed by atoms with Gasteiger partial charge in [0.25, 0.3) is 5.56 Å². The maximum absolute atomic E-state index is 13.9. The van der Waals surface area contributed by atoms with E-state index in [2.05, 4.69) is 0 Å². The number of benzene rings is 1. The topological polar surface area (TPSA) is 53.2 Å². The zero-order valence-electron chi connectivity index (χ0n) is 11.7. The van der Waals surface area contributed by atoms with E-state index in [9.17, 15) is 14.0 Å². The number of halogens is 2. The minimum atomic E-state index is -0.968. The van der Waals surface area contributed by atoms with E-state index in [-0.39, 0.29) is 6.54 Å². The highest BCUT2D eigenvalue weighted by Crippen LogP contribution is 2.20. The molecule has 1 fully saturated rings. The molecule has 0 N–H and O–H groups in total. The molecule has 22 heavy (non-hydrogen) atoms. The lowest BCUT2D eigenvalue weighted by atomic mass is 10.2. The number of nitrogens with zero attached hydrogens (tertiary/aromatic N) is 2. The normalized spacial score (nSPS) is 17.8. The van der Waals surface area contributed by atoms with Gasteiger partial charge in [0, 0.05) is 11.6 Å². The fourth-order valence-electron chi connectivity index (χ4n) is 2.49. The molecular formula is C15H14ClFN2O3. The van der Waals surface area contributed by atoms with Crippen molar-refractivity contribution in [3.63, 3.8) is 0 Å². The van der Waals surface area contributed by atoms with Crippen LogP contribution < -0.4 is 11.2 Å². The predicted octanol–water partition coefficient (Wildman–Crippen LogP) is 2.16. The highest BCUT2D eigenvalue weighted by atomic mass is 35.5. The van der Waals surface area contributed by atoms with Crippen molar-refractivity contribution in [2.45, 2.75) is 25.6 Å². The molecule has 7 heteroatoms. The van der Waals surface area contributed by atoms with Crippen LogP contribution >= 0.6 is 11.6 Å². The first-order valence-electron chi connectivity index (χ1n) is 6.94. The van der Waals surface area contributed by atoms with Gasteiger partial charge in [0.05, 0.1) is 12.7 Å². The minimum absolute atomic E-state index is 0.0146. The summed E-state index contributed by atoms with van der Waals surface area (Å²) in [6, 6.07) is 6.69. The molecule has 2 aromatic rings. The van der Waals surface area contributed by atoms with Gasteiger partial charge in [-0.05, 0) is 30.5 Å². The second-order valence-corrected chi connectivity index (χ2v) is 5.59. The van der Waals surface area contributed by atoms with Crippen LogP contribution in [0.5, 0.6) is 0 Å². The lowest BCUT2D eigenvalue weighted by Crippen LogP contribution is -2.42. The van der Waals surface area contributed by atoms with Crippen LogP contribution in [0.15, 0.2) is 40.1 Å². The van der Waals surface area contributed by atoms with Crippen LogP contribution in [0.3, 0.4) is 0 Å². The lowest BCUT2D eigenvalue weighted by Gasteiger charge is -2.15. The van der Waals surface area contributed by atoms with Gasteiger partial charge in [-0.15, -0.1) is 0 Å². The molecule has 1 aromatic heterocycles. The zero-order valence-corrected chi connectivity index (χ0v) is 12.4.